The van der Waals surface area contributed by atoms with E-state index < -0.39 is 5.56 Å². The van der Waals surface area contributed by atoms with Crippen LogP contribution in [-0.2, 0) is 4.79 Å². The molecule has 0 aliphatic rings. The van der Waals surface area contributed by atoms with Gasteiger partial charge in [0.25, 0.3) is 5.56 Å². The van der Waals surface area contributed by atoms with Crippen molar-refractivity contribution in [1.29, 1.82) is 0 Å². The molecule has 0 saturated heterocycles. The maximum Gasteiger partial charge on any atom is 0.280 e. The number of nitrogens with zero attached hydrogens (tertiary/aromatic N) is 3. The van der Waals surface area contributed by atoms with Gasteiger partial charge in [-0.05, 0) is 6.08 Å². The number of imidazole rings is 1. The monoisotopic (exact) mass is 205 g/mol. The number of allylic oxidation sites excluding steroid dienone is 1. The predicted octanol–water partition coefficient (Wildman–Crippen LogP) is -0.629. The second-order valence-corrected chi connectivity index (χ2v) is 2.75. The summed E-state index contributed by atoms with van der Waals surface area (Å²) in [6.45, 7) is 0. The number of nitrogens with one attached hydrogen (secondary N) is 1. The van der Waals surface area contributed by atoms with Gasteiger partial charge in [-0.1, -0.05) is 0 Å². The zero-order chi connectivity index (χ0) is 10.8. The molecule has 2 aromatic rings. The first-order valence-electron chi connectivity index (χ1n) is 4.06. The summed E-state index contributed by atoms with van der Waals surface area (Å²) < 4.78 is 1.44. The molecule has 15 heavy (non-hydrogen) atoms. The lowest BCUT2D eigenvalue weighted by molar-refractivity contribution is -0.104. The Morgan fingerprint density at radius 2 is 2.33 bits per heavy atom. The number of rotatable bonds is 2. The van der Waals surface area contributed by atoms with Gasteiger partial charge in [-0.3, -0.25) is 19.1 Å². The standard InChI is InChI=1S/C8H7N5O2/c9-8-11-6-5(7(15)12-8)10-4-13(6)2-1-3-14/h1-4H,(H3,9,11,12,15)/b2-1+. The summed E-state index contributed by atoms with van der Waals surface area (Å²) in [5.74, 6) is 0.00810. The second kappa shape index (κ2) is 3.37. The first-order chi connectivity index (χ1) is 7.22. The molecule has 0 amide bonds. The van der Waals surface area contributed by atoms with Crippen molar-refractivity contribution in [3.05, 3.63) is 22.8 Å². The van der Waals surface area contributed by atoms with Crippen molar-refractivity contribution in [1.82, 2.24) is 19.5 Å². The number of anilines is 1. The van der Waals surface area contributed by atoms with Crippen LogP contribution in [0.4, 0.5) is 5.95 Å². The van der Waals surface area contributed by atoms with Crippen LogP contribution in [0.25, 0.3) is 17.4 Å². The maximum atomic E-state index is 11.3. The van der Waals surface area contributed by atoms with E-state index in [1.165, 1.54) is 23.2 Å². The zero-order valence-corrected chi connectivity index (χ0v) is 7.54. The Hall–Kier alpha value is -2.44. The number of aromatic amines is 1. The summed E-state index contributed by atoms with van der Waals surface area (Å²) in [7, 11) is 0. The molecule has 0 radical (unpaired) electrons. The number of hydrogen-bond acceptors (Lipinski definition) is 5. The van der Waals surface area contributed by atoms with Gasteiger partial charge in [-0.15, -0.1) is 0 Å². The predicted molar refractivity (Wildman–Crippen MR) is 54.0 cm³/mol. The lowest BCUT2D eigenvalue weighted by Crippen LogP contribution is -2.11. The average Bonchev–Trinajstić information content (AvgIpc) is 2.58. The van der Waals surface area contributed by atoms with Crippen molar-refractivity contribution in [3.63, 3.8) is 0 Å². The topological polar surface area (TPSA) is 107 Å². The van der Waals surface area contributed by atoms with Crippen LogP contribution in [0.15, 0.2) is 17.2 Å². The van der Waals surface area contributed by atoms with Crippen LogP contribution in [0.3, 0.4) is 0 Å². The molecule has 7 heteroatoms. The summed E-state index contributed by atoms with van der Waals surface area (Å²) in [6.07, 6.45) is 4.70. The lowest BCUT2D eigenvalue weighted by Gasteiger charge is -1.95. The minimum Gasteiger partial charge on any atom is -0.369 e. The van der Waals surface area contributed by atoms with Crippen molar-refractivity contribution in [2.45, 2.75) is 0 Å². The molecule has 7 nitrogen and oxygen atoms in total. The SMILES string of the molecule is Nc1nc2c(ncn2/C=C/C=O)c(=O)[nH]1. The number of nitrogen functional groups attached to an aromatic ring is 1. The summed E-state index contributed by atoms with van der Waals surface area (Å²) in [5, 5.41) is 0. The van der Waals surface area contributed by atoms with Gasteiger partial charge in [0, 0.05) is 6.20 Å². The fourth-order valence-corrected chi connectivity index (χ4v) is 1.18. The highest BCUT2D eigenvalue weighted by Crippen LogP contribution is 2.05. The third-order valence-corrected chi connectivity index (χ3v) is 1.78. The van der Waals surface area contributed by atoms with E-state index in [-0.39, 0.29) is 11.5 Å². The molecule has 2 rings (SSSR count). The molecule has 0 saturated carbocycles. The molecule has 0 spiro atoms. The minimum atomic E-state index is -0.407. The summed E-state index contributed by atoms with van der Waals surface area (Å²) in [6, 6.07) is 0. The highest BCUT2D eigenvalue weighted by atomic mass is 16.1. The van der Waals surface area contributed by atoms with E-state index in [9.17, 15) is 9.59 Å². The molecule has 3 N–H and O–H groups in total. The Morgan fingerprint density at radius 3 is 3.07 bits per heavy atom. The van der Waals surface area contributed by atoms with E-state index in [0.29, 0.717) is 11.9 Å². The van der Waals surface area contributed by atoms with E-state index in [4.69, 9.17) is 5.73 Å². The summed E-state index contributed by atoms with van der Waals surface area (Å²) in [5.41, 5.74) is 5.47. The fourth-order valence-electron chi connectivity index (χ4n) is 1.18. The van der Waals surface area contributed by atoms with Crippen molar-refractivity contribution in [2.24, 2.45) is 0 Å². The van der Waals surface area contributed by atoms with Gasteiger partial charge in [-0.2, -0.15) is 4.98 Å². The number of carbonyl (C=O) groups excluding carboxylic acids is 1. The van der Waals surface area contributed by atoms with E-state index in [1.54, 1.807) is 0 Å². The molecule has 0 atom stereocenters. The second-order valence-electron chi connectivity index (χ2n) is 2.75. The normalized spacial score (nSPS) is 11.2. The fraction of sp³-hybridized carbons (Fsp3) is 0. The quantitative estimate of drug-likeness (QED) is 0.501. The van der Waals surface area contributed by atoms with Crippen LogP contribution < -0.4 is 11.3 Å². The molecule has 0 fully saturated rings. The van der Waals surface area contributed by atoms with Crippen molar-refractivity contribution in [2.75, 3.05) is 5.73 Å². The minimum absolute atomic E-state index is 0.00810. The van der Waals surface area contributed by atoms with Crippen LogP contribution in [0.5, 0.6) is 0 Å². The number of hydrogen-bond donors (Lipinski definition) is 2. The summed E-state index contributed by atoms with van der Waals surface area (Å²) >= 11 is 0. The van der Waals surface area contributed by atoms with Crippen LogP contribution >= 0.6 is 0 Å². The van der Waals surface area contributed by atoms with Crippen LogP contribution in [-0.4, -0.2) is 25.8 Å². The van der Waals surface area contributed by atoms with Crippen LogP contribution in [0.1, 0.15) is 0 Å². The highest BCUT2D eigenvalue weighted by molar-refractivity contribution is 5.76. The van der Waals surface area contributed by atoms with Crippen molar-refractivity contribution >= 4 is 29.6 Å². The zero-order valence-electron chi connectivity index (χ0n) is 7.54. The third-order valence-electron chi connectivity index (χ3n) is 1.78. The van der Waals surface area contributed by atoms with E-state index in [2.05, 4.69) is 15.0 Å². The summed E-state index contributed by atoms with van der Waals surface area (Å²) in [4.78, 5) is 31.6. The number of carbonyl (C=O) groups is 1. The molecule has 2 aromatic heterocycles. The van der Waals surface area contributed by atoms with Gasteiger partial charge in [-0.25, -0.2) is 4.98 Å². The Kier molecular flexibility index (Phi) is 2.05. The molecule has 0 aliphatic heterocycles. The van der Waals surface area contributed by atoms with Crippen LogP contribution in [0.2, 0.25) is 0 Å². The van der Waals surface area contributed by atoms with E-state index in [0.717, 1.165) is 0 Å². The number of nitrogens with two attached hydrogens (primary N) is 1. The highest BCUT2D eigenvalue weighted by Gasteiger charge is 2.06. The van der Waals surface area contributed by atoms with E-state index >= 15 is 0 Å². The third kappa shape index (κ3) is 1.50. The molecule has 2 heterocycles. The van der Waals surface area contributed by atoms with E-state index in [1.807, 2.05) is 0 Å². The van der Waals surface area contributed by atoms with Gasteiger partial charge >= 0.3 is 0 Å². The molecule has 0 aromatic carbocycles. The molecular formula is C8H7N5O2. The average molecular weight is 205 g/mol. The van der Waals surface area contributed by atoms with Crippen molar-refractivity contribution in [3.8, 4) is 0 Å². The van der Waals surface area contributed by atoms with Gasteiger partial charge < -0.3 is 5.73 Å². The van der Waals surface area contributed by atoms with Gasteiger partial charge in [0.2, 0.25) is 5.95 Å². The number of fused-ring (bicyclic) bond motifs is 1. The maximum absolute atomic E-state index is 11.3. The first-order valence-corrected chi connectivity index (χ1v) is 4.06. The molecule has 0 bridgehead atoms. The van der Waals surface area contributed by atoms with Gasteiger partial charge in [0.1, 0.15) is 12.6 Å². The largest absolute Gasteiger partial charge is 0.369 e. The Balaban J connectivity index is 2.74. The Bertz CT molecular complexity index is 595. The molecule has 0 unspecified atom stereocenters. The van der Waals surface area contributed by atoms with Crippen molar-refractivity contribution < 1.29 is 4.79 Å². The first kappa shape index (κ1) is 9.13. The Labute approximate surface area is 83.3 Å². The number of H-pyrrole nitrogens is 1. The smallest absolute Gasteiger partial charge is 0.280 e. The molecular weight excluding hydrogens is 198 g/mol. The number of aldehydes is 1. The van der Waals surface area contributed by atoms with Gasteiger partial charge in [0.15, 0.2) is 11.2 Å². The Morgan fingerprint density at radius 1 is 1.53 bits per heavy atom. The number of aromatic nitrogens is 4. The lowest BCUT2D eigenvalue weighted by atomic mass is 10.5. The molecule has 76 valence electrons. The van der Waals surface area contributed by atoms with Gasteiger partial charge in [0.05, 0.1) is 0 Å². The van der Waals surface area contributed by atoms with Crippen LogP contribution in [0, 0.1) is 0 Å². The molecule has 0 aliphatic carbocycles.